The van der Waals surface area contributed by atoms with Gasteiger partial charge in [-0.1, -0.05) is 15.9 Å². The molecule has 2 nitrogen and oxygen atoms in total. The van der Waals surface area contributed by atoms with Crippen molar-refractivity contribution in [2.75, 3.05) is 6.61 Å². The van der Waals surface area contributed by atoms with Crippen molar-refractivity contribution in [3.05, 3.63) is 28.2 Å². The minimum atomic E-state index is -4.26. The Bertz CT molecular complexity index is 377. The number of alkyl halides is 3. The lowest BCUT2D eigenvalue weighted by molar-refractivity contribution is -0.139. The topological polar surface area (TPSA) is 26.3 Å². The van der Waals surface area contributed by atoms with Crippen molar-refractivity contribution in [2.24, 2.45) is 0 Å². The smallest absolute Gasteiger partial charge is 0.392 e. The predicted octanol–water partition coefficient (Wildman–Crippen LogP) is 3.59. The van der Waals surface area contributed by atoms with E-state index >= 15 is 0 Å². The zero-order chi connectivity index (χ0) is 12.2. The molecule has 0 aliphatic heterocycles. The molecule has 16 heavy (non-hydrogen) atoms. The van der Waals surface area contributed by atoms with Gasteiger partial charge in [0.05, 0.1) is 18.6 Å². The van der Waals surface area contributed by atoms with Crippen LogP contribution in [0, 0.1) is 0 Å². The van der Waals surface area contributed by atoms with Gasteiger partial charge in [-0.25, -0.2) is 0 Å². The first-order valence-corrected chi connectivity index (χ1v) is 5.16. The number of halogens is 4. The van der Waals surface area contributed by atoms with Crippen molar-refractivity contribution in [3.8, 4) is 5.75 Å². The Hall–Kier alpha value is -1.04. The van der Waals surface area contributed by atoms with Crippen LogP contribution in [0.15, 0.2) is 22.7 Å². The van der Waals surface area contributed by atoms with Crippen LogP contribution in [-0.4, -0.2) is 19.1 Å². The molecule has 0 amide bonds. The van der Waals surface area contributed by atoms with Crippen molar-refractivity contribution in [1.29, 1.82) is 0 Å². The van der Waals surface area contributed by atoms with Gasteiger partial charge in [0.2, 0.25) is 0 Å². The van der Waals surface area contributed by atoms with Gasteiger partial charge in [0.25, 0.3) is 0 Å². The third-order valence-corrected chi connectivity index (χ3v) is 2.24. The van der Waals surface area contributed by atoms with Crippen LogP contribution in [0.4, 0.5) is 13.2 Å². The summed E-state index contributed by atoms with van der Waals surface area (Å²) in [6, 6.07) is 4.54. The van der Waals surface area contributed by atoms with Crippen LogP contribution in [0.5, 0.6) is 5.75 Å². The number of carbonyl (C=O) groups is 1. The van der Waals surface area contributed by atoms with Crippen molar-refractivity contribution < 1.29 is 22.7 Å². The molecule has 88 valence electrons. The van der Waals surface area contributed by atoms with E-state index < -0.39 is 19.2 Å². The highest BCUT2D eigenvalue weighted by molar-refractivity contribution is 9.10. The average Bonchev–Trinajstić information content (AvgIpc) is 2.16. The molecular weight excluding hydrogens is 289 g/mol. The number of aldehydes is 1. The molecule has 0 aromatic heterocycles. The van der Waals surface area contributed by atoms with Crippen molar-refractivity contribution >= 4 is 22.2 Å². The summed E-state index contributed by atoms with van der Waals surface area (Å²) in [4.78, 5) is 10.6. The number of hydrogen-bond acceptors (Lipinski definition) is 2. The zero-order valence-corrected chi connectivity index (χ0v) is 9.64. The first-order chi connectivity index (χ1) is 7.42. The molecule has 1 aromatic carbocycles. The summed E-state index contributed by atoms with van der Waals surface area (Å²) < 4.78 is 41.1. The van der Waals surface area contributed by atoms with E-state index in [0.29, 0.717) is 10.8 Å². The molecule has 1 aromatic rings. The third-order valence-electron chi connectivity index (χ3n) is 1.75. The molecule has 0 spiro atoms. The molecule has 0 unspecified atom stereocenters. The molecule has 0 fully saturated rings. The summed E-state index contributed by atoms with van der Waals surface area (Å²) >= 11 is 3.14. The lowest BCUT2D eigenvalue weighted by Gasteiger charge is -2.10. The molecule has 0 saturated heterocycles. The Morgan fingerprint density at radius 3 is 2.62 bits per heavy atom. The number of rotatable bonds is 4. The molecule has 0 saturated carbocycles. The lowest BCUT2D eigenvalue weighted by Crippen LogP contribution is -2.13. The number of ether oxygens (including phenoxy) is 1. The molecule has 0 bridgehead atoms. The summed E-state index contributed by atoms with van der Waals surface area (Å²) in [6.07, 6.45) is -4.76. The second-order valence-corrected chi connectivity index (χ2v) is 3.93. The van der Waals surface area contributed by atoms with Gasteiger partial charge in [-0.15, -0.1) is 0 Å². The molecule has 0 N–H and O–H groups in total. The fraction of sp³-hybridized carbons (Fsp3) is 0.300. The van der Waals surface area contributed by atoms with Gasteiger partial charge in [-0.3, -0.25) is 4.79 Å². The van der Waals surface area contributed by atoms with Gasteiger partial charge in [0, 0.05) is 4.47 Å². The molecule has 0 aliphatic carbocycles. The van der Waals surface area contributed by atoms with Crippen LogP contribution in [0.1, 0.15) is 16.8 Å². The van der Waals surface area contributed by atoms with E-state index in [4.69, 9.17) is 4.74 Å². The molecule has 0 heterocycles. The number of carbonyl (C=O) groups excluding carboxylic acids is 1. The minimum absolute atomic E-state index is 0.147. The normalized spacial score (nSPS) is 11.2. The highest BCUT2D eigenvalue weighted by Crippen LogP contribution is 2.24. The van der Waals surface area contributed by atoms with Crippen molar-refractivity contribution in [3.63, 3.8) is 0 Å². The largest absolute Gasteiger partial charge is 0.492 e. The zero-order valence-electron chi connectivity index (χ0n) is 8.05. The summed E-state index contributed by atoms with van der Waals surface area (Å²) in [7, 11) is 0. The van der Waals surface area contributed by atoms with E-state index in [1.165, 1.54) is 12.1 Å². The molecule has 0 atom stereocenters. The van der Waals surface area contributed by atoms with Gasteiger partial charge in [-0.2, -0.15) is 13.2 Å². The van der Waals surface area contributed by atoms with Gasteiger partial charge < -0.3 is 4.74 Å². The van der Waals surface area contributed by atoms with Crippen LogP contribution in [0.25, 0.3) is 0 Å². The molecule has 0 aliphatic rings. The lowest BCUT2D eigenvalue weighted by atomic mass is 10.2. The quantitative estimate of drug-likeness (QED) is 0.794. The highest BCUT2D eigenvalue weighted by Gasteiger charge is 2.26. The maximum atomic E-state index is 11.9. The second kappa shape index (κ2) is 5.34. The maximum absolute atomic E-state index is 11.9. The molecule has 0 radical (unpaired) electrons. The maximum Gasteiger partial charge on any atom is 0.392 e. The number of benzene rings is 1. The van der Waals surface area contributed by atoms with Gasteiger partial charge in [0.15, 0.2) is 6.29 Å². The Kier molecular flexibility index (Phi) is 4.35. The fourth-order valence-electron chi connectivity index (χ4n) is 1.01. The Morgan fingerprint density at radius 1 is 1.38 bits per heavy atom. The van der Waals surface area contributed by atoms with E-state index in [1.54, 1.807) is 6.07 Å². The summed E-state index contributed by atoms with van der Waals surface area (Å²) in [6.45, 7) is -0.499. The molecular formula is C10H8BrF3O2. The van der Waals surface area contributed by atoms with Gasteiger partial charge >= 0.3 is 6.18 Å². The van der Waals surface area contributed by atoms with E-state index in [1.807, 2.05) is 0 Å². The standard InChI is InChI=1S/C10H8BrF3O2/c11-8-2-1-7(6-15)9(5-8)16-4-3-10(12,13)14/h1-2,5-6H,3-4H2. The van der Waals surface area contributed by atoms with Crippen molar-refractivity contribution in [2.45, 2.75) is 12.6 Å². The Labute approximate surface area is 98.5 Å². The summed E-state index contributed by atoms with van der Waals surface area (Å²) in [5.74, 6) is 0.147. The summed E-state index contributed by atoms with van der Waals surface area (Å²) in [5.41, 5.74) is 0.227. The number of hydrogen-bond donors (Lipinski definition) is 0. The minimum Gasteiger partial charge on any atom is -0.492 e. The van der Waals surface area contributed by atoms with Gasteiger partial charge in [-0.05, 0) is 18.2 Å². The van der Waals surface area contributed by atoms with Crippen LogP contribution in [0.2, 0.25) is 0 Å². The first kappa shape index (κ1) is 13.0. The van der Waals surface area contributed by atoms with Crippen molar-refractivity contribution in [1.82, 2.24) is 0 Å². The molecule has 1 rings (SSSR count). The van der Waals surface area contributed by atoms with E-state index in [2.05, 4.69) is 15.9 Å². The van der Waals surface area contributed by atoms with Crippen LogP contribution in [0.3, 0.4) is 0 Å². The van der Waals surface area contributed by atoms with E-state index in [0.717, 1.165) is 0 Å². The summed E-state index contributed by atoms with van der Waals surface area (Å²) in [5, 5.41) is 0. The first-order valence-electron chi connectivity index (χ1n) is 4.36. The average molecular weight is 297 g/mol. The SMILES string of the molecule is O=Cc1ccc(Br)cc1OCCC(F)(F)F. The van der Waals surface area contributed by atoms with Gasteiger partial charge in [0.1, 0.15) is 5.75 Å². The van der Waals surface area contributed by atoms with E-state index in [9.17, 15) is 18.0 Å². The fourth-order valence-corrected chi connectivity index (χ4v) is 1.35. The Balaban J connectivity index is 2.65. The van der Waals surface area contributed by atoms with Crippen LogP contribution in [-0.2, 0) is 0 Å². The molecule has 6 heteroatoms. The monoisotopic (exact) mass is 296 g/mol. The van der Waals surface area contributed by atoms with Crippen LogP contribution >= 0.6 is 15.9 Å². The Morgan fingerprint density at radius 2 is 2.06 bits per heavy atom. The van der Waals surface area contributed by atoms with E-state index in [-0.39, 0.29) is 11.3 Å². The highest BCUT2D eigenvalue weighted by atomic mass is 79.9. The van der Waals surface area contributed by atoms with Crippen LogP contribution < -0.4 is 4.74 Å². The third kappa shape index (κ3) is 4.22. The predicted molar refractivity (Wildman–Crippen MR) is 55.7 cm³/mol. The second-order valence-electron chi connectivity index (χ2n) is 3.01.